The van der Waals surface area contributed by atoms with Crippen molar-refractivity contribution in [2.75, 3.05) is 0 Å². The summed E-state index contributed by atoms with van der Waals surface area (Å²) >= 11 is 0. The highest BCUT2D eigenvalue weighted by Crippen LogP contribution is 2.16. The molecule has 0 fully saturated rings. The van der Waals surface area contributed by atoms with E-state index in [9.17, 15) is 0 Å². The molecular weight excluding hydrogens is 146 g/mol. The molecule has 0 saturated carbocycles. The fourth-order valence-electron chi connectivity index (χ4n) is 1.33. The highest BCUT2D eigenvalue weighted by atomic mass is 14.6. The SMILES string of the molecule is CCC=C(C)c1ccncc1C. The minimum Gasteiger partial charge on any atom is -0.264 e. The summed E-state index contributed by atoms with van der Waals surface area (Å²) in [6.07, 6.45) is 7.08. The van der Waals surface area contributed by atoms with E-state index < -0.39 is 0 Å². The molecule has 0 aliphatic heterocycles. The number of hydrogen-bond donors (Lipinski definition) is 0. The van der Waals surface area contributed by atoms with Gasteiger partial charge in [0.25, 0.3) is 0 Å². The Morgan fingerprint density at radius 3 is 2.92 bits per heavy atom. The molecule has 1 aromatic heterocycles. The van der Waals surface area contributed by atoms with Crippen LogP contribution in [0.15, 0.2) is 24.5 Å². The molecule has 0 bridgehead atoms. The minimum atomic E-state index is 1.09. The van der Waals surface area contributed by atoms with Crippen LogP contribution >= 0.6 is 0 Å². The van der Waals surface area contributed by atoms with Crippen LogP contribution in [-0.4, -0.2) is 4.98 Å². The van der Waals surface area contributed by atoms with Crippen LogP contribution in [0.25, 0.3) is 5.57 Å². The lowest BCUT2D eigenvalue weighted by Gasteiger charge is -2.03. The second kappa shape index (κ2) is 4.05. The maximum absolute atomic E-state index is 4.06. The number of rotatable bonds is 2. The summed E-state index contributed by atoms with van der Waals surface area (Å²) < 4.78 is 0. The molecule has 1 aromatic rings. The molecule has 0 aliphatic rings. The Morgan fingerprint density at radius 2 is 2.33 bits per heavy atom. The van der Waals surface area contributed by atoms with E-state index in [0.717, 1.165) is 6.42 Å². The molecule has 12 heavy (non-hydrogen) atoms. The molecule has 0 saturated heterocycles. The first-order chi connectivity index (χ1) is 5.75. The van der Waals surface area contributed by atoms with Crippen LogP contribution in [0.1, 0.15) is 31.4 Å². The van der Waals surface area contributed by atoms with E-state index in [2.05, 4.69) is 37.9 Å². The first-order valence-electron chi connectivity index (χ1n) is 4.33. The van der Waals surface area contributed by atoms with Crippen LogP contribution in [0.3, 0.4) is 0 Å². The average Bonchev–Trinajstić information content (AvgIpc) is 2.05. The van der Waals surface area contributed by atoms with Crippen molar-refractivity contribution in [3.05, 3.63) is 35.7 Å². The number of nitrogens with zero attached hydrogens (tertiary/aromatic N) is 1. The third kappa shape index (κ3) is 1.94. The lowest BCUT2D eigenvalue weighted by atomic mass is 10.0. The van der Waals surface area contributed by atoms with Crippen molar-refractivity contribution in [2.45, 2.75) is 27.2 Å². The van der Waals surface area contributed by atoms with Gasteiger partial charge in [0.2, 0.25) is 0 Å². The maximum atomic E-state index is 4.06. The van der Waals surface area contributed by atoms with Crippen molar-refractivity contribution >= 4 is 5.57 Å². The summed E-state index contributed by atoms with van der Waals surface area (Å²) in [4.78, 5) is 4.06. The number of pyridine rings is 1. The Morgan fingerprint density at radius 1 is 1.58 bits per heavy atom. The van der Waals surface area contributed by atoms with Crippen molar-refractivity contribution < 1.29 is 0 Å². The molecule has 0 amide bonds. The summed E-state index contributed by atoms with van der Waals surface area (Å²) in [7, 11) is 0. The number of aryl methyl sites for hydroxylation is 1. The number of aromatic nitrogens is 1. The van der Waals surface area contributed by atoms with Gasteiger partial charge in [-0.2, -0.15) is 0 Å². The van der Waals surface area contributed by atoms with Gasteiger partial charge in [-0.1, -0.05) is 13.0 Å². The van der Waals surface area contributed by atoms with Crippen molar-refractivity contribution in [1.82, 2.24) is 4.98 Å². The molecule has 1 heterocycles. The van der Waals surface area contributed by atoms with E-state index in [4.69, 9.17) is 0 Å². The fourth-order valence-corrected chi connectivity index (χ4v) is 1.33. The van der Waals surface area contributed by atoms with Crippen LogP contribution in [0, 0.1) is 6.92 Å². The molecule has 1 heteroatoms. The van der Waals surface area contributed by atoms with Crippen molar-refractivity contribution in [2.24, 2.45) is 0 Å². The second-order valence-corrected chi connectivity index (χ2v) is 2.99. The Labute approximate surface area is 74.2 Å². The summed E-state index contributed by atoms with van der Waals surface area (Å²) in [5.74, 6) is 0. The Bertz CT molecular complexity index is 287. The molecule has 0 N–H and O–H groups in total. The lowest BCUT2D eigenvalue weighted by Crippen LogP contribution is -1.86. The first-order valence-corrected chi connectivity index (χ1v) is 4.33. The summed E-state index contributed by atoms with van der Waals surface area (Å²) in [5.41, 5.74) is 3.91. The zero-order chi connectivity index (χ0) is 8.97. The monoisotopic (exact) mass is 161 g/mol. The topological polar surface area (TPSA) is 12.9 Å². The summed E-state index contributed by atoms with van der Waals surface area (Å²) in [5, 5.41) is 0. The summed E-state index contributed by atoms with van der Waals surface area (Å²) in [6, 6.07) is 2.07. The molecule has 0 spiro atoms. The van der Waals surface area contributed by atoms with Crippen molar-refractivity contribution in [3.63, 3.8) is 0 Å². The van der Waals surface area contributed by atoms with Gasteiger partial charge in [-0.05, 0) is 43.0 Å². The van der Waals surface area contributed by atoms with Crippen LogP contribution in [0.4, 0.5) is 0 Å². The minimum absolute atomic E-state index is 1.09. The molecule has 0 radical (unpaired) electrons. The van der Waals surface area contributed by atoms with Crippen molar-refractivity contribution in [3.8, 4) is 0 Å². The molecule has 1 nitrogen and oxygen atoms in total. The predicted octanol–water partition coefficient (Wildman–Crippen LogP) is 3.20. The highest BCUT2D eigenvalue weighted by Gasteiger charge is 1.97. The van der Waals surface area contributed by atoms with Gasteiger partial charge in [0.05, 0.1) is 0 Å². The van der Waals surface area contributed by atoms with Gasteiger partial charge in [-0.25, -0.2) is 0 Å². The van der Waals surface area contributed by atoms with E-state index >= 15 is 0 Å². The zero-order valence-corrected chi connectivity index (χ0v) is 7.96. The third-order valence-corrected chi connectivity index (χ3v) is 1.96. The van der Waals surface area contributed by atoms with Gasteiger partial charge in [-0.15, -0.1) is 0 Å². The number of allylic oxidation sites excluding steroid dienone is 2. The number of hydrogen-bond acceptors (Lipinski definition) is 1. The second-order valence-electron chi connectivity index (χ2n) is 2.99. The summed E-state index contributed by atoms with van der Waals surface area (Å²) in [6.45, 7) is 6.39. The van der Waals surface area contributed by atoms with Gasteiger partial charge in [-0.3, -0.25) is 4.98 Å². The highest BCUT2D eigenvalue weighted by molar-refractivity contribution is 5.65. The third-order valence-electron chi connectivity index (χ3n) is 1.96. The van der Waals surface area contributed by atoms with E-state index in [1.165, 1.54) is 16.7 Å². The van der Waals surface area contributed by atoms with Gasteiger partial charge in [0.1, 0.15) is 0 Å². The Hall–Kier alpha value is -1.11. The van der Waals surface area contributed by atoms with E-state index in [0.29, 0.717) is 0 Å². The molecule has 1 rings (SSSR count). The fraction of sp³-hybridized carbons (Fsp3) is 0.364. The van der Waals surface area contributed by atoms with E-state index in [1.807, 2.05) is 12.4 Å². The Balaban J connectivity index is 3.02. The normalized spacial score (nSPS) is 11.8. The van der Waals surface area contributed by atoms with Gasteiger partial charge >= 0.3 is 0 Å². The molecular formula is C11H15N. The van der Waals surface area contributed by atoms with Crippen molar-refractivity contribution in [1.29, 1.82) is 0 Å². The predicted molar refractivity (Wildman–Crippen MR) is 52.9 cm³/mol. The van der Waals surface area contributed by atoms with Crippen LogP contribution in [0.5, 0.6) is 0 Å². The molecule has 0 atom stereocenters. The molecule has 0 aliphatic carbocycles. The largest absolute Gasteiger partial charge is 0.264 e. The Kier molecular flexibility index (Phi) is 3.03. The lowest BCUT2D eigenvalue weighted by molar-refractivity contribution is 1.21. The standard InChI is InChI=1S/C11H15N/c1-4-5-9(2)11-6-7-12-8-10(11)3/h5-8H,4H2,1-3H3. The zero-order valence-electron chi connectivity index (χ0n) is 7.96. The van der Waals surface area contributed by atoms with E-state index in [1.54, 1.807) is 0 Å². The molecule has 0 unspecified atom stereocenters. The smallest absolute Gasteiger partial charge is 0.0303 e. The van der Waals surface area contributed by atoms with Gasteiger partial charge in [0.15, 0.2) is 0 Å². The average molecular weight is 161 g/mol. The van der Waals surface area contributed by atoms with Gasteiger partial charge < -0.3 is 0 Å². The molecule has 64 valence electrons. The quantitative estimate of drug-likeness (QED) is 0.649. The molecule has 0 aromatic carbocycles. The first kappa shape index (κ1) is 8.98. The van der Waals surface area contributed by atoms with Crippen LogP contribution in [0.2, 0.25) is 0 Å². The van der Waals surface area contributed by atoms with Gasteiger partial charge in [0, 0.05) is 12.4 Å². The van der Waals surface area contributed by atoms with Crippen LogP contribution in [-0.2, 0) is 0 Å². The van der Waals surface area contributed by atoms with Crippen LogP contribution < -0.4 is 0 Å². The maximum Gasteiger partial charge on any atom is 0.0303 e. The van der Waals surface area contributed by atoms with E-state index in [-0.39, 0.29) is 0 Å².